The summed E-state index contributed by atoms with van der Waals surface area (Å²) < 4.78 is 26.4. The minimum Gasteiger partial charge on any atom is -0.207 e. The van der Waals surface area contributed by atoms with Crippen LogP contribution in [0, 0.1) is 17.6 Å². The van der Waals surface area contributed by atoms with Gasteiger partial charge in [-0.3, -0.25) is 0 Å². The molecule has 0 N–H and O–H groups in total. The van der Waals surface area contributed by atoms with Crippen molar-refractivity contribution in [3.8, 4) is 0 Å². The Morgan fingerprint density at radius 3 is 2.08 bits per heavy atom. The van der Waals surface area contributed by atoms with Crippen LogP contribution in [0.3, 0.4) is 0 Å². The third-order valence-corrected chi connectivity index (χ3v) is 2.11. The molecule has 0 spiro atoms. The van der Waals surface area contributed by atoms with Crippen LogP contribution in [-0.2, 0) is 6.42 Å². The molecule has 0 amide bonds. The number of rotatable bonds is 2. The molecule has 0 bridgehead atoms. The third kappa shape index (κ3) is 2.73. The largest absolute Gasteiger partial charge is 0.207 e. The first kappa shape index (κ1) is 10.6. The quantitative estimate of drug-likeness (QED) is 0.647. The molecule has 0 aliphatic rings. The molecule has 1 aromatic carbocycles. The summed E-state index contributed by atoms with van der Waals surface area (Å²) in [6.45, 7) is 3.88. The summed E-state index contributed by atoms with van der Waals surface area (Å²) in [5.74, 6) is -0.628. The highest BCUT2D eigenvalue weighted by Crippen LogP contribution is 2.16. The molecule has 1 rings (SSSR count). The van der Waals surface area contributed by atoms with E-state index in [1.807, 2.05) is 13.8 Å². The summed E-state index contributed by atoms with van der Waals surface area (Å²) in [6.07, 6.45) is 0.447. The molecular formula is C10H13F2P. The van der Waals surface area contributed by atoms with Gasteiger partial charge in [0.05, 0.1) is 0 Å². The summed E-state index contributed by atoms with van der Waals surface area (Å²) >= 11 is 0. The molecule has 1 unspecified atom stereocenters. The molecule has 0 radical (unpaired) electrons. The molecule has 3 heteroatoms. The SMILES string of the molecule is CC(C)Cc1c(F)cc(P)cc1F. The Morgan fingerprint density at radius 2 is 1.69 bits per heavy atom. The number of hydrogen-bond acceptors (Lipinski definition) is 0. The third-order valence-electron chi connectivity index (χ3n) is 1.78. The lowest BCUT2D eigenvalue weighted by Gasteiger charge is -2.08. The van der Waals surface area contributed by atoms with Crippen molar-refractivity contribution in [3.63, 3.8) is 0 Å². The van der Waals surface area contributed by atoms with Gasteiger partial charge < -0.3 is 0 Å². The smallest absolute Gasteiger partial charge is 0.129 e. The molecule has 0 aromatic heterocycles. The Morgan fingerprint density at radius 1 is 1.23 bits per heavy atom. The van der Waals surface area contributed by atoms with Crippen molar-refractivity contribution in [3.05, 3.63) is 29.3 Å². The van der Waals surface area contributed by atoms with Gasteiger partial charge in [-0.1, -0.05) is 13.8 Å². The normalized spacial score (nSPS) is 10.9. The zero-order chi connectivity index (χ0) is 10.0. The van der Waals surface area contributed by atoms with Crippen LogP contribution in [0.1, 0.15) is 19.4 Å². The summed E-state index contributed by atoms with van der Waals surface area (Å²) in [5, 5.41) is 0.544. The van der Waals surface area contributed by atoms with E-state index in [1.54, 1.807) is 0 Å². The van der Waals surface area contributed by atoms with E-state index in [0.717, 1.165) is 0 Å². The van der Waals surface area contributed by atoms with E-state index in [-0.39, 0.29) is 11.5 Å². The first-order chi connectivity index (χ1) is 6.00. The number of halogens is 2. The van der Waals surface area contributed by atoms with Gasteiger partial charge in [-0.05, 0) is 29.8 Å². The maximum Gasteiger partial charge on any atom is 0.129 e. The second-order valence-corrected chi connectivity index (χ2v) is 4.23. The first-order valence-electron chi connectivity index (χ1n) is 4.24. The van der Waals surface area contributed by atoms with Gasteiger partial charge in [0.15, 0.2) is 0 Å². The minimum atomic E-state index is -0.446. The Bertz CT molecular complexity index is 285. The van der Waals surface area contributed by atoms with Crippen LogP contribution in [0.25, 0.3) is 0 Å². The lowest BCUT2D eigenvalue weighted by molar-refractivity contribution is 0.526. The maximum atomic E-state index is 13.2. The maximum absolute atomic E-state index is 13.2. The highest BCUT2D eigenvalue weighted by atomic mass is 31.0. The highest BCUT2D eigenvalue weighted by molar-refractivity contribution is 7.27. The van der Waals surface area contributed by atoms with Crippen molar-refractivity contribution in [2.45, 2.75) is 20.3 Å². The van der Waals surface area contributed by atoms with Gasteiger partial charge in [0.2, 0.25) is 0 Å². The molecule has 0 aliphatic heterocycles. The zero-order valence-electron chi connectivity index (χ0n) is 7.77. The van der Waals surface area contributed by atoms with Crippen molar-refractivity contribution >= 4 is 14.5 Å². The fourth-order valence-electron chi connectivity index (χ4n) is 1.23. The Hall–Kier alpha value is -0.490. The molecule has 1 aromatic rings. The van der Waals surface area contributed by atoms with Crippen LogP contribution in [0.4, 0.5) is 8.78 Å². The van der Waals surface area contributed by atoms with Crippen molar-refractivity contribution in [2.24, 2.45) is 5.92 Å². The lowest BCUT2D eigenvalue weighted by Crippen LogP contribution is -2.05. The Balaban J connectivity index is 3.06. The van der Waals surface area contributed by atoms with Gasteiger partial charge in [-0.25, -0.2) is 8.78 Å². The Labute approximate surface area is 79.6 Å². The van der Waals surface area contributed by atoms with E-state index < -0.39 is 11.6 Å². The molecule has 0 saturated heterocycles. The van der Waals surface area contributed by atoms with Gasteiger partial charge in [-0.2, -0.15) is 0 Å². The van der Waals surface area contributed by atoms with Crippen LogP contribution in [-0.4, -0.2) is 0 Å². The van der Waals surface area contributed by atoms with Gasteiger partial charge in [0.25, 0.3) is 0 Å². The van der Waals surface area contributed by atoms with E-state index in [2.05, 4.69) is 9.24 Å². The molecule has 72 valence electrons. The topological polar surface area (TPSA) is 0 Å². The van der Waals surface area contributed by atoms with Crippen molar-refractivity contribution in [1.29, 1.82) is 0 Å². The monoisotopic (exact) mass is 202 g/mol. The fourth-order valence-corrected chi connectivity index (χ4v) is 1.52. The van der Waals surface area contributed by atoms with Gasteiger partial charge in [-0.15, -0.1) is 9.24 Å². The highest BCUT2D eigenvalue weighted by Gasteiger charge is 2.10. The molecule has 1 atom stereocenters. The minimum absolute atomic E-state index is 0.196. The average molecular weight is 202 g/mol. The summed E-state index contributed by atoms with van der Waals surface area (Å²) in [6, 6.07) is 2.68. The fraction of sp³-hybridized carbons (Fsp3) is 0.400. The predicted molar refractivity (Wildman–Crippen MR) is 54.2 cm³/mol. The Kier molecular flexibility index (Phi) is 3.38. The van der Waals surface area contributed by atoms with Gasteiger partial charge >= 0.3 is 0 Å². The van der Waals surface area contributed by atoms with Crippen molar-refractivity contribution in [1.82, 2.24) is 0 Å². The molecule has 0 fully saturated rings. The molecule has 0 saturated carbocycles. The van der Waals surface area contributed by atoms with Gasteiger partial charge in [0, 0.05) is 5.56 Å². The first-order valence-corrected chi connectivity index (χ1v) is 4.82. The molecular weight excluding hydrogens is 189 g/mol. The number of benzene rings is 1. The van der Waals surface area contributed by atoms with E-state index in [0.29, 0.717) is 11.7 Å². The number of hydrogen-bond donors (Lipinski definition) is 0. The molecule has 13 heavy (non-hydrogen) atoms. The summed E-state index contributed by atoms with van der Waals surface area (Å²) in [4.78, 5) is 0. The van der Waals surface area contributed by atoms with Crippen LogP contribution < -0.4 is 5.30 Å². The summed E-state index contributed by atoms with van der Waals surface area (Å²) in [7, 11) is 2.28. The van der Waals surface area contributed by atoms with Crippen molar-refractivity contribution in [2.75, 3.05) is 0 Å². The summed E-state index contributed by atoms with van der Waals surface area (Å²) in [5.41, 5.74) is 0.196. The second-order valence-electron chi connectivity index (χ2n) is 3.56. The second kappa shape index (κ2) is 4.15. The van der Waals surface area contributed by atoms with E-state index >= 15 is 0 Å². The van der Waals surface area contributed by atoms with Crippen LogP contribution in [0.15, 0.2) is 12.1 Å². The van der Waals surface area contributed by atoms with Gasteiger partial charge in [0.1, 0.15) is 11.6 Å². The van der Waals surface area contributed by atoms with E-state index in [4.69, 9.17) is 0 Å². The van der Waals surface area contributed by atoms with Crippen LogP contribution in [0.5, 0.6) is 0 Å². The standard InChI is InChI=1S/C10H13F2P/c1-6(2)3-8-9(11)4-7(13)5-10(8)12/h4-6H,3,13H2,1-2H3. The molecule has 0 nitrogen and oxygen atoms in total. The van der Waals surface area contributed by atoms with E-state index in [9.17, 15) is 8.78 Å². The van der Waals surface area contributed by atoms with Crippen LogP contribution in [0.2, 0.25) is 0 Å². The molecule has 0 aliphatic carbocycles. The zero-order valence-corrected chi connectivity index (χ0v) is 8.93. The van der Waals surface area contributed by atoms with Crippen LogP contribution >= 0.6 is 9.24 Å². The predicted octanol–water partition coefficient (Wildman–Crippen LogP) is 2.66. The average Bonchev–Trinajstić information content (AvgIpc) is 1.96. The lowest BCUT2D eigenvalue weighted by atomic mass is 10.0. The molecule has 0 heterocycles. The van der Waals surface area contributed by atoms with Crippen molar-refractivity contribution < 1.29 is 8.78 Å². The van der Waals surface area contributed by atoms with E-state index in [1.165, 1.54) is 12.1 Å².